The fourth-order valence-corrected chi connectivity index (χ4v) is 3.72. The van der Waals surface area contributed by atoms with Crippen LogP contribution in [0.2, 0.25) is 0 Å². The monoisotopic (exact) mass is 245 g/mol. The molecule has 3 nitrogen and oxygen atoms in total. The third kappa shape index (κ3) is 2.12. The summed E-state index contributed by atoms with van der Waals surface area (Å²) in [6.07, 6.45) is 10.6. The Kier molecular flexibility index (Phi) is 3.25. The van der Waals surface area contributed by atoms with Gasteiger partial charge in [0.25, 0.3) is 0 Å². The first kappa shape index (κ1) is 12.0. The Labute approximate surface area is 110 Å². The van der Waals surface area contributed by atoms with E-state index in [-0.39, 0.29) is 0 Å². The molecule has 0 amide bonds. The molecule has 2 bridgehead atoms. The van der Waals surface area contributed by atoms with Crippen LogP contribution in [0.1, 0.15) is 37.7 Å². The van der Waals surface area contributed by atoms with Gasteiger partial charge in [-0.1, -0.05) is 0 Å². The standard InChI is InChI=1S/C15H23N3/c1-11-6-15(10-17-9-11)18-13-4-3-5-14(18)8-12(7-13)16-2/h6,9-10,12-14,16H,3-5,7-8H2,1-2H3. The molecule has 2 saturated heterocycles. The van der Waals surface area contributed by atoms with Crippen molar-refractivity contribution in [2.45, 2.75) is 57.2 Å². The van der Waals surface area contributed by atoms with Crippen LogP contribution in [0.5, 0.6) is 0 Å². The van der Waals surface area contributed by atoms with E-state index in [1.165, 1.54) is 43.4 Å². The maximum atomic E-state index is 4.37. The Morgan fingerprint density at radius 3 is 2.56 bits per heavy atom. The van der Waals surface area contributed by atoms with E-state index in [0.717, 1.165) is 0 Å². The second-order valence-electron chi connectivity index (χ2n) is 5.82. The molecule has 18 heavy (non-hydrogen) atoms. The van der Waals surface area contributed by atoms with E-state index in [1.807, 2.05) is 12.4 Å². The van der Waals surface area contributed by atoms with Crippen LogP contribution < -0.4 is 10.2 Å². The van der Waals surface area contributed by atoms with E-state index in [0.29, 0.717) is 18.1 Å². The van der Waals surface area contributed by atoms with E-state index in [9.17, 15) is 0 Å². The molecule has 3 heteroatoms. The van der Waals surface area contributed by atoms with Gasteiger partial charge < -0.3 is 10.2 Å². The average molecular weight is 245 g/mol. The van der Waals surface area contributed by atoms with Crippen LogP contribution in [0, 0.1) is 6.92 Å². The Balaban J connectivity index is 1.88. The quantitative estimate of drug-likeness (QED) is 0.867. The molecule has 0 saturated carbocycles. The van der Waals surface area contributed by atoms with Gasteiger partial charge in [-0.2, -0.15) is 0 Å². The number of pyridine rings is 1. The van der Waals surface area contributed by atoms with Crippen LogP contribution in [-0.4, -0.2) is 30.2 Å². The predicted molar refractivity (Wildman–Crippen MR) is 75.0 cm³/mol. The maximum absolute atomic E-state index is 4.37. The summed E-state index contributed by atoms with van der Waals surface area (Å²) in [7, 11) is 2.10. The van der Waals surface area contributed by atoms with Gasteiger partial charge in [0, 0.05) is 24.3 Å². The lowest BCUT2D eigenvalue weighted by Gasteiger charge is -2.50. The number of rotatable bonds is 2. The molecule has 1 N–H and O–H groups in total. The van der Waals surface area contributed by atoms with Crippen LogP contribution in [0.4, 0.5) is 5.69 Å². The molecule has 2 unspecified atom stereocenters. The van der Waals surface area contributed by atoms with Crippen molar-refractivity contribution < 1.29 is 0 Å². The second-order valence-corrected chi connectivity index (χ2v) is 5.82. The fraction of sp³-hybridized carbons (Fsp3) is 0.667. The molecule has 1 aromatic heterocycles. The highest BCUT2D eigenvalue weighted by atomic mass is 15.2. The number of anilines is 1. The van der Waals surface area contributed by atoms with E-state index < -0.39 is 0 Å². The molecule has 3 rings (SSSR count). The number of nitrogens with one attached hydrogen (secondary N) is 1. The SMILES string of the molecule is CNC1CC2CCCC(C1)N2c1cncc(C)c1. The highest BCUT2D eigenvalue weighted by Crippen LogP contribution is 2.37. The van der Waals surface area contributed by atoms with Gasteiger partial charge in [0.2, 0.25) is 0 Å². The van der Waals surface area contributed by atoms with Gasteiger partial charge in [-0.15, -0.1) is 0 Å². The first-order valence-corrected chi connectivity index (χ1v) is 7.15. The lowest BCUT2D eigenvalue weighted by Crippen LogP contribution is -2.56. The topological polar surface area (TPSA) is 28.2 Å². The van der Waals surface area contributed by atoms with E-state index in [1.54, 1.807) is 0 Å². The Hall–Kier alpha value is -1.09. The number of hydrogen-bond acceptors (Lipinski definition) is 3. The average Bonchev–Trinajstić information content (AvgIpc) is 2.37. The summed E-state index contributed by atoms with van der Waals surface area (Å²) >= 11 is 0. The number of aryl methyl sites for hydroxylation is 1. The summed E-state index contributed by atoms with van der Waals surface area (Å²) in [6.45, 7) is 2.13. The summed E-state index contributed by atoms with van der Waals surface area (Å²) in [5, 5.41) is 3.47. The van der Waals surface area contributed by atoms with Crippen molar-refractivity contribution in [2.75, 3.05) is 11.9 Å². The lowest BCUT2D eigenvalue weighted by molar-refractivity contribution is 0.252. The summed E-state index contributed by atoms with van der Waals surface area (Å²) in [4.78, 5) is 7.02. The predicted octanol–water partition coefficient (Wildman–Crippen LogP) is 2.50. The zero-order valence-corrected chi connectivity index (χ0v) is 11.4. The van der Waals surface area contributed by atoms with Crippen molar-refractivity contribution >= 4 is 5.69 Å². The summed E-state index contributed by atoms with van der Waals surface area (Å²) in [5.41, 5.74) is 2.60. The van der Waals surface area contributed by atoms with Crippen molar-refractivity contribution in [3.63, 3.8) is 0 Å². The zero-order valence-electron chi connectivity index (χ0n) is 11.4. The molecule has 3 heterocycles. The normalized spacial score (nSPS) is 31.4. The van der Waals surface area contributed by atoms with Gasteiger partial charge in [-0.05, 0) is 57.7 Å². The molecule has 2 aliphatic heterocycles. The number of aromatic nitrogens is 1. The Morgan fingerprint density at radius 2 is 1.94 bits per heavy atom. The van der Waals surface area contributed by atoms with E-state index in [2.05, 4.69) is 35.2 Å². The minimum atomic E-state index is 0.703. The Bertz CT molecular complexity index is 404. The van der Waals surface area contributed by atoms with Crippen LogP contribution >= 0.6 is 0 Å². The molecule has 98 valence electrons. The van der Waals surface area contributed by atoms with E-state index >= 15 is 0 Å². The number of nitrogens with zero attached hydrogens (tertiary/aromatic N) is 2. The Morgan fingerprint density at radius 1 is 1.22 bits per heavy atom. The van der Waals surface area contributed by atoms with Gasteiger partial charge in [-0.25, -0.2) is 0 Å². The van der Waals surface area contributed by atoms with Gasteiger partial charge in [0.15, 0.2) is 0 Å². The minimum Gasteiger partial charge on any atom is -0.364 e. The smallest absolute Gasteiger partial charge is 0.0560 e. The fourth-order valence-electron chi connectivity index (χ4n) is 3.72. The zero-order chi connectivity index (χ0) is 12.5. The molecule has 0 aromatic carbocycles. The lowest BCUT2D eigenvalue weighted by atomic mass is 9.81. The molecule has 2 aliphatic rings. The molecule has 0 aliphatic carbocycles. The van der Waals surface area contributed by atoms with Crippen molar-refractivity contribution in [1.82, 2.24) is 10.3 Å². The molecule has 2 atom stereocenters. The van der Waals surface area contributed by atoms with Gasteiger partial charge in [0.05, 0.1) is 11.9 Å². The molecule has 0 radical (unpaired) electrons. The summed E-state index contributed by atoms with van der Waals surface area (Å²) in [6, 6.07) is 4.41. The van der Waals surface area contributed by atoms with Crippen LogP contribution in [0.3, 0.4) is 0 Å². The maximum Gasteiger partial charge on any atom is 0.0560 e. The van der Waals surface area contributed by atoms with Crippen LogP contribution in [0.15, 0.2) is 18.5 Å². The molecule has 1 aromatic rings. The number of hydrogen-bond donors (Lipinski definition) is 1. The van der Waals surface area contributed by atoms with Crippen molar-refractivity contribution in [3.8, 4) is 0 Å². The van der Waals surface area contributed by atoms with Crippen molar-refractivity contribution in [3.05, 3.63) is 24.0 Å². The van der Waals surface area contributed by atoms with E-state index in [4.69, 9.17) is 0 Å². The summed E-state index contributed by atoms with van der Waals surface area (Å²) < 4.78 is 0. The highest BCUT2D eigenvalue weighted by Gasteiger charge is 2.37. The molecular weight excluding hydrogens is 222 g/mol. The second kappa shape index (κ2) is 4.88. The van der Waals surface area contributed by atoms with Crippen molar-refractivity contribution in [2.24, 2.45) is 0 Å². The first-order chi connectivity index (χ1) is 8.78. The minimum absolute atomic E-state index is 0.703. The molecular formula is C15H23N3. The number of piperidine rings is 2. The largest absolute Gasteiger partial charge is 0.364 e. The van der Waals surface area contributed by atoms with Gasteiger partial charge >= 0.3 is 0 Å². The third-order valence-electron chi connectivity index (χ3n) is 4.54. The van der Waals surface area contributed by atoms with Gasteiger partial charge in [0.1, 0.15) is 0 Å². The van der Waals surface area contributed by atoms with Gasteiger partial charge in [-0.3, -0.25) is 4.98 Å². The third-order valence-corrected chi connectivity index (χ3v) is 4.54. The van der Waals surface area contributed by atoms with Crippen LogP contribution in [-0.2, 0) is 0 Å². The molecule has 2 fully saturated rings. The highest BCUT2D eigenvalue weighted by molar-refractivity contribution is 5.49. The first-order valence-electron chi connectivity index (χ1n) is 7.15. The summed E-state index contributed by atoms with van der Waals surface area (Å²) in [5.74, 6) is 0. The van der Waals surface area contributed by atoms with Crippen molar-refractivity contribution in [1.29, 1.82) is 0 Å². The molecule has 0 spiro atoms. The number of fused-ring (bicyclic) bond motifs is 2. The van der Waals surface area contributed by atoms with Crippen LogP contribution in [0.25, 0.3) is 0 Å².